The summed E-state index contributed by atoms with van der Waals surface area (Å²) in [5.74, 6) is 2.37. The molecule has 1 heterocycles. The number of hydrogen-bond donors (Lipinski definition) is 1. The second kappa shape index (κ2) is 7.54. The van der Waals surface area contributed by atoms with Crippen LogP contribution in [0.25, 0.3) is 0 Å². The number of ether oxygens (including phenoxy) is 1. The van der Waals surface area contributed by atoms with E-state index in [2.05, 4.69) is 39.8 Å². The van der Waals surface area contributed by atoms with Gasteiger partial charge in [0.2, 0.25) is 0 Å². The third-order valence-corrected chi connectivity index (χ3v) is 5.06. The Balaban J connectivity index is 2.39. The van der Waals surface area contributed by atoms with Gasteiger partial charge in [0.1, 0.15) is 11.9 Å². The van der Waals surface area contributed by atoms with Gasteiger partial charge in [-0.05, 0) is 41.9 Å². The summed E-state index contributed by atoms with van der Waals surface area (Å²) in [5, 5.41) is 3.21. The minimum absolute atomic E-state index is 0.00394. The Morgan fingerprint density at radius 2 is 2.05 bits per heavy atom. The molecular formula is C15H24IN3O. The molecular weight excluding hydrogens is 365 g/mol. The molecule has 0 bridgehead atoms. The molecule has 20 heavy (non-hydrogen) atoms. The number of methoxy groups -OCH3 is 1. The van der Waals surface area contributed by atoms with Crippen molar-refractivity contribution in [2.45, 2.75) is 57.5 Å². The molecule has 1 unspecified atom stereocenters. The maximum absolute atomic E-state index is 5.58. The van der Waals surface area contributed by atoms with Crippen molar-refractivity contribution in [1.29, 1.82) is 0 Å². The van der Waals surface area contributed by atoms with E-state index in [1.807, 2.05) is 7.05 Å². The molecule has 1 aromatic heterocycles. The lowest BCUT2D eigenvalue weighted by Crippen LogP contribution is -2.14. The Morgan fingerprint density at radius 1 is 1.35 bits per heavy atom. The van der Waals surface area contributed by atoms with Gasteiger partial charge >= 0.3 is 0 Å². The number of hydrogen-bond acceptors (Lipinski definition) is 4. The standard InChI is InChI=1S/C15H24IN3O/c1-4-7-11(20-3)14-18-13(10-8-5-6-9-10)12(16)15(17-2)19-14/h10-11H,4-9H2,1-3H3,(H,17,18,19). The zero-order chi connectivity index (χ0) is 14.5. The number of anilines is 1. The van der Waals surface area contributed by atoms with E-state index in [1.54, 1.807) is 7.11 Å². The van der Waals surface area contributed by atoms with Crippen LogP contribution >= 0.6 is 22.6 Å². The summed E-state index contributed by atoms with van der Waals surface area (Å²) in [5.41, 5.74) is 1.22. The predicted octanol–water partition coefficient (Wildman–Crippen LogP) is 4.27. The molecule has 0 saturated heterocycles. The molecule has 0 aromatic carbocycles. The average molecular weight is 389 g/mol. The van der Waals surface area contributed by atoms with E-state index >= 15 is 0 Å². The SMILES string of the molecule is CCCC(OC)c1nc(NC)c(I)c(C2CCCC2)n1. The van der Waals surface area contributed by atoms with Gasteiger partial charge in [-0.1, -0.05) is 26.2 Å². The Bertz CT molecular complexity index is 447. The molecule has 112 valence electrons. The van der Waals surface area contributed by atoms with Gasteiger partial charge in [-0.2, -0.15) is 0 Å². The van der Waals surface area contributed by atoms with Crippen molar-refractivity contribution in [3.8, 4) is 0 Å². The fourth-order valence-electron chi connectivity index (χ4n) is 2.88. The van der Waals surface area contributed by atoms with Crippen LogP contribution in [0.4, 0.5) is 5.82 Å². The normalized spacial score (nSPS) is 17.4. The summed E-state index contributed by atoms with van der Waals surface area (Å²) < 4.78 is 6.75. The lowest BCUT2D eigenvalue weighted by molar-refractivity contribution is 0.0874. The Morgan fingerprint density at radius 3 is 2.60 bits per heavy atom. The zero-order valence-electron chi connectivity index (χ0n) is 12.6. The summed E-state index contributed by atoms with van der Waals surface area (Å²) in [6.45, 7) is 2.16. The van der Waals surface area contributed by atoms with Gasteiger partial charge in [-0.3, -0.25) is 0 Å². The molecule has 0 amide bonds. The molecule has 0 aliphatic heterocycles. The van der Waals surface area contributed by atoms with Crippen LogP contribution in [0.5, 0.6) is 0 Å². The molecule has 1 N–H and O–H groups in total. The second-order valence-electron chi connectivity index (χ2n) is 5.37. The number of rotatable bonds is 6. The summed E-state index contributed by atoms with van der Waals surface area (Å²) >= 11 is 2.38. The minimum Gasteiger partial charge on any atom is -0.373 e. The summed E-state index contributed by atoms with van der Waals surface area (Å²) in [4.78, 5) is 9.53. The Hall–Kier alpha value is -0.430. The Kier molecular flexibility index (Phi) is 6.01. The molecule has 5 heteroatoms. The van der Waals surface area contributed by atoms with E-state index in [-0.39, 0.29) is 6.10 Å². The largest absolute Gasteiger partial charge is 0.373 e. The average Bonchev–Trinajstić information content (AvgIpc) is 2.99. The summed E-state index contributed by atoms with van der Waals surface area (Å²) in [6.07, 6.45) is 7.17. The fraction of sp³-hybridized carbons (Fsp3) is 0.733. The van der Waals surface area contributed by atoms with Gasteiger partial charge in [0.15, 0.2) is 5.82 Å². The van der Waals surface area contributed by atoms with E-state index < -0.39 is 0 Å². The first-order valence-electron chi connectivity index (χ1n) is 7.49. The molecule has 1 saturated carbocycles. The maximum Gasteiger partial charge on any atom is 0.159 e. The number of nitrogens with one attached hydrogen (secondary N) is 1. The fourth-order valence-corrected chi connectivity index (χ4v) is 3.83. The van der Waals surface area contributed by atoms with E-state index in [9.17, 15) is 0 Å². The number of nitrogens with zero attached hydrogens (tertiary/aromatic N) is 2. The summed E-state index contributed by atoms with van der Waals surface area (Å²) in [7, 11) is 3.67. The van der Waals surface area contributed by atoms with Crippen LogP contribution in [0.15, 0.2) is 0 Å². The van der Waals surface area contributed by atoms with Crippen LogP contribution in [0.3, 0.4) is 0 Å². The first kappa shape index (κ1) is 15.9. The van der Waals surface area contributed by atoms with Crippen molar-refractivity contribution in [3.63, 3.8) is 0 Å². The van der Waals surface area contributed by atoms with Crippen LogP contribution in [0.2, 0.25) is 0 Å². The highest BCUT2D eigenvalue weighted by molar-refractivity contribution is 14.1. The smallest absolute Gasteiger partial charge is 0.159 e. The van der Waals surface area contributed by atoms with Gasteiger partial charge in [0, 0.05) is 20.1 Å². The maximum atomic E-state index is 5.58. The molecule has 1 atom stereocenters. The highest BCUT2D eigenvalue weighted by Crippen LogP contribution is 2.37. The van der Waals surface area contributed by atoms with E-state index in [0.29, 0.717) is 5.92 Å². The minimum atomic E-state index is 0.00394. The molecule has 0 spiro atoms. The second-order valence-corrected chi connectivity index (χ2v) is 6.45. The van der Waals surface area contributed by atoms with Gasteiger partial charge in [0.05, 0.1) is 9.26 Å². The van der Waals surface area contributed by atoms with Crippen molar-refractivity contribution in [1.82, 2.24) is 9.97 Å². The number of halogens is 1. The van der Waals surface area contributed by atoms with Gasteiger partial charge in [-0.15, -0.1) is 0 Å². The van der Waals surface area contributed by atoms with Gasteiger partial charge in [-0.25, -0.2) is 9.97 Å². The van der Waals surface area contributed by atoms with Crippen LogP contribution in [0, 0.1) is 3.57 Å². The van der Waals surface area contributed by atoms with Crippen molar-refractivity contribution >= 4 is 28.4 Å². The molecule has 1 fully saturated rings. The van der Waals surface area contributed by atoms with Crippen LogP contribution in [-0.4, -0.2) is 24.1 Å². The van der Waals surface area contributed by atoms with Gasteiger partial charge in [0.25, 0.3) is 0 Å². The monoisotopic (exact) mass is 389 g/mol. The van der Waals surface area contributed by atoms with Crippen molar-refractivity contribution in [3.05, 3.63) is 15.1 Å². The van der Waals surface area contributed by atoms with E-state index in [4.69, 9.17) is 9.72 Å². The van der Waals surface area contributed by atoms with Gasteiger partial charge < -0.3 is 10.1 Å². The summed E-state index contributed by atoms with van der Waals surface area (Å²) in [6, 6.07) is 0. The quantitative estimate of drug-likeness (QED) is 0.739. The molecule has 1 aromatic rings. The predicted molar refractivity (Wildman–Crippen MR) is 90.2 cm³/mol. The van der Waals surface area contributed by atoms with E-state index in [1.165, 1.54) is 34.9 Å². The van der Waals surface area contributed by atoms with Crippen molar-refractivity contribution < 1.29 is 4.74 Å². The molecule has 1 aliphatic carbocycles. The van der Waals surface area contributed by atoms with E-state index in [0.717, 1.165) is 24.5 Å². The zero-order valence-corrected chi connectivity index (χ0v) is 14.7. The van der Waals surface area contributed by atoms with Crippen molar-refractivity contribution in [2.24, 2.45) is 0 Å². The number of aromatic nitrogens is 2. The highest BCUT2D eigenvalue weighted by Gasteiger charge is 2.25. The molecule has 0 radical (unpaired) electrons. The Labute approximate surface area is 135 Å². The van der Waals surface area contributed by atoms with Crippen LogP contribution in [-0.2, 0) is 4.74 Å². The first-order valence-corrected chi connectivity index (χ1v) is 8.57. The van der Waals surface area contributed by atoms with Crippen LogP contribution in [0.1, 0.15) is 69.0 Å². The molecule has 2 rings (SSSR count). The third kappa shape index (κ3) is 3.42. The van der Waals surface area contributed by atoms with Crippen LogP contribution < -0.4 is 5.32 Å². The lowest BCUT2D eigenvalue weighted by atomic mass is 10.0. The first-order chi connectivity index (χ1) is 9.71. The lowest BCUT2D eigenvalue weighted by Gasteiger charge is -2.19. The van der Waals surface area contributed by atoms with Crippen molar-refractivity contribution in [2.75, 3.05) is 19.5 Å². The third-order valence-electron chi connectivity index (χ3n) is 4.00. The topological polar surface area (TPSA) is 47.0 Å². The molecule has 4 nitrogen and oxygen atoms in total. The highest BCUT2D eigenvalue weighted by atomic mass is 127. The molecule has 1 aliphatic rings.